The molecule has 1 atom stereocenters. The molecule has 8 heteroatoms. The summed E-state index contributed by atoms with van der Waals surface area (Å²) in [5.74, 6) is -2.69. The van der Waals surface area contributed by atoms with E-state index >= 15 is 0 Å². The molecule has 0 aliphatic heterocycles. The van der Waals surface area contributed by atoms with Gasteiger partial charge in [-0.05, 0) is 18.2 Å². The van der Waals surface area contributed by atoms with Gasteiger partial charge in [0.1, 0.15) is 16.0 Å². The minimum Gasteiger partial charge on any atom is -0.293 e. The lowest BCUT2D eigenvalue weighted by Gasteiger charge is -2.03. The van der Waals surface area contributed by atoms with Gasteiger partial charge in [0.05, 0.1) is 25.8 Å². The van der Waals surface area contributed by atoms with E-state index in [9.17, 15) is 17.8 Å². The van der Waals surface area contributed by atoms with Gasteiger partial charge in [0.15, 0.2) is 5.78 Å². The Balaban J connectivity index is 2.19. The summed E-state index contributed by atoms with van der Waals surface area (Å²) in [7, 11) is -1.92. The minimum atomic E-state index is -1.92. The maximum atomic E-state index is 13.4. The van der Waals surface area contributed by atoms with Crippen LogP contribution in [0.3, 0.4) is 0 Å². The summed E-state index contributed by atoms with van der Waals surface area (Å²) >= 11 is 12.5. The van der Waals surface area contributed by atoms with Crippen molar-refractivity contribution in [2.24, 2.45) is 0 Å². The van der Waals surface area contributed by atoms with Crippen molar-refractivity contribution in [1.82, 2.24) is 0 Å². The quantitative estimate of drug-likeness (QED) is 0.766. The molecule has 106 valence electrons. The lowest BCUT2D eigenvalue weighted by Crippen LogP contribution is -2.12. The van der Waals surface area contributed by atoms with Crippen molar-refractivity contribution in [2.75, 3.05) is 5.75 Å². The molecule has 2 aromatic rings. The summed E-state index contributed by atoms with van der Waals surface area (Å²) in [5.41, 5.74) is 0.150. The standard InChI is InChI=1S/C12H6Cl2F2O2S2/c13-11-4-7(12(14)19-11)9(17)5-20(18)10-2-1-6(15)3-8(10)16/h1-4H,5H2. The van der Waals surface area contributed by atoms with Gasteiger partial charge in [0, 0.05) is 11.6 Å². The number of carbonyl (C=O) groups is 1. The summed E-state index contributed by atoms with van der Waals surface area (Å²) < 4.78 is 38.7. The molecular formula is C12H6Cl2F2O2S2. The zero-order valence-corrected chi connectivity index (χ0v) is 12.8. The number of halogens is 4. The first kappa shape index (κ1) is 15.6. The van der Waals surface area contributed by atoms with Crippen LogP contribution in [0, 0.1) is 11.6 Å². The number of hydrogen-bond acceptors (Lipinski definition) is 3. The Morgan fingerprint density at radius 1 is 1.25 bits per heavy atom. The van der Waals surface area contributed by atoms with Gasteiger partial charge in [-0.2, -0.15) is 0 Å². The Labute approximate surface area is 129 Å². The van der Waals surface area contributed by atoms with E-state index in [1.807, 2.05) is 0 Å². The molecule has 1 heterocycles. The van der Waals surface area contributed by atoms with E-state index < -0.39 is 34.0 Å². The van der Waals surface area contributed by atoms with E-state index in [4.69, 9.17) is 23.2 Å². The monoisotopic (exact) mass is 354 g/mol. The first-order valence-electron chi connectivity index (χ1n) is 5.20. The number of ketones is 1. The molecule has 20 heavy (non-hydrogen) atoms. The van der Waals surface area contributed by atoms with Crippen molar-refractivity contribution in [3.63, 3.8) is 0 Å². The number of hydrogen-bond donors (Lipinski definition) is 0. The van der Waals surface area contributed by atoms with Crippen molar-refractivity contribution in [3.05, 3.63) is 50.1 Å². The predicted molar refractivity (Wildman–Crippen MR) is 76.3 cm³/mol. The van der Waals surface area contributed by atoms with Crippen LogP contribution < -0.4 is 0 Å². The summed E-state index contributed by atoms with van der Waals surface area (Å²) in [4.78, 5) is 11.7. The third-order valence-electron chi connectivity index (χ3n) is 2.36. The molecule has 0 aliphatic rings. The maximum absolute atomic E-state index is 13.4. The molecule has 2 rings (SSSR count). The van der Waals surface area contributed by atoms with Crippen LogP contribution in [0.2, 0.25) is 8.67 Å². The van der Waals surface area contributed by atoms with Crippen LogP contribution in [0.5, 0.6) is 0 Å². The van der Waals surface area contributed by atoms with Crippen LogP contribution in [0.1, 0.15) is 10.4 Å². The van der Waals surface area contributed by atoms with Crippen molar-refractivity contribution in [1.29, 1.82) is 0 Å². The second-order valence-electron chi connectivity index (χ2n) is 3.73. The molecule has 0 amide bonds. The van der Waals surface area contributed by atoms with E-state index in [1.165, 1.54) is 6.07 Å². The Hall–Kier alpha value is -0.820. The summed E-state index contributed by atoms with van der Waals surface area (Å²) in [6, 6.07) is 4.02. The van der Waals surface area contributed by atoms with Gasteiger partial charge in [-0.15, -0.1) is 11.3 Å². The molecule has 1 aromatic heterocycles. The molecule has 0 N–H and O–H groups in total. The third-order valence-corrected chi connectivity index (χ3v) is 5.19. The Morgan fingerprint density at radius 3 is 2.50 bits per heavy atom. The van der Waals surface area contributed by atoms with Crippen molar-refractivity contribution < 1.29 is 17.8 Å². The largest absolute Gasteiger partial charge is 0.293 e. The second-order valence-corrected chi connectivity index (χ2v) is 7.43. The normalized spacial score (nSPS) is 12.4. The molecule has 0 saturated heterocycles. The van der Waals surface area contributed by atoms with E-state index in [0.717, 1.165) is 23.5 Å². The van der Waals surface area contributed by atoms with E-state index in [-0.39, 0.29) is 14.8 Å². The fraction of sp³-hybridized carbons (Fsp3) is 0.0833. The molecule has 0 bridgehead atoms. The smallest absolute Gasteiger partial charge is 0.178 e. The average molecular weight is 355 g/mol. The molecule has 1 unspecified atom stereocenters. The summed E-state index contributed by atoms with van der Waals surface area (Å²) in [6.45, 7) is 0. The predicted octanol–water partition coefficient (Wildman–Crippen LogP) is 4.32. The van der Waals surface area contributed by atoms with Gasteiger partial charge < -0.3 is 0 Å². The van der Waals surface area contributed by atoms with Gasteiger partial charge in [-0.3, -0.25) is 9.00 Å². The van der Waals surface area contributed by atoms with Crippen LogP contribution in [-0.2, 0) is 10.8 Å². The zero-order chi connectivity index (χ0) is 14.9. The SMILES string of the molecule is O=C(CS(=O)c1ccc(F)cc1F)c1cc(Cl)sc1Cl. The molecule has 0 aliphatic carbocycles. The fourth-order valence-corrected chi connectivity index (χ4v) is 4.01. The first-order valence-corrected chi connectivity index (χ1v) is 8.09. The molecule has 0 saturated carbocycles. The first-order chi connectivity index (χ1) is 9.38. The van der Waals surface area contributed by atoms with Gasteiger partial charge in [-0.25, -0.2) is 8.78 Å². The minimum absolute atomic E-state index is 0.150. The number of Topliss-reactive ketones (excluding diaryl/α,β-unsaturated/α-hetero) is 1. The fourth-order valence-electron chi connectivity index (χ4n) is 1.46. The third kappa shape index (κ3) is 3.44. The summed E-state index contributed by atoms with van der Waals surface area (Å²) in [5, 5.41) is 0. The molecular weight excluding hydrogens is 349 g/mol. The van der Waals surface area contributed by atoms with Crippen LogP contribution in [-0.4, -0.2) is 15.7 Å². The number of thiophene rings is 1. The number of benzene rings is 1. The van der Waals surface area contributed by atoms with Gasteiger partial charge in [0.25, 0.3) is 0 Å². The Bertz CT molecular complexity index is 701. The van der Waals surface area contributed by atoms with Gasteiger partial charge in [-0.1, -0.05) is 23.2 Å². The van der Waals surface area contributed by atoms with E-state index in [0.29, 0.717) is 10.4 Å². The van der Waals surface area contributed by atoms with Crippen molar-refractivity contribution in [2.45, 2.75) is 4.90 Å². The number of carbonyl (C=O) groups excluding carboxylic acids is 1. The molecule has 0 fully saturated rings. The van der Waals surface area contributed by atoms with E-state index in [2.05, 4.69) is 0 Å². The average Bonchev–Trinajstić information content (AvgIpc) is 2.68. The zero-order valence-electron chi connectivity index (χ0n) is 9.66. The highest BCUT2D eigenvalue weighted by Gasteiger charge is 2.19. The highest BCUT2D eigenvalue weighted by Crippen LogP contribution is 2.31. The Morgan fingerprint density at radius 2 is 1.95 bits per heavy atom. The Kier molecular flexibility index (Phi) is 4.90. The van der Waals surface area contributed by atoms with Crippen LogP contribution in [0.4, 0.5) is 8.78 Å². The number of rotatable bonds is 4. The topological polar surface area (TPSA) is 34.1 Å². The second kappa shape index (κ2) is 6.30. The maximum Gasteiger partial charge on any atom is 0.178 e. The molecule has 0 spiro atoms. The van der Waals surface area contributed by atoms with Gasteiger partial charge in [0.2, 0.25) is 0 Å². The van der Waals surface area contributed by atoms with Crippen LogP contribution in [0.25, 0.3) is 0 Å². The summed E-state index contributed by atoms with van der Waals surface area (Å²) in [6.07, 6.45) is 0. The lowest BCUT2D eigenvalue weighted by molar-refractivity contribution is 0.102. The van der Waals surface area contributed by atoms with E-state index in [1.54, 1.807) is 0 Å². The highest BCUT2D eigenvalue weighted by molar-refractivity contribution is 7.85. The lowest BCUT2D eigenvalue weighted by atomic mass is 10.2. The van der Waals surface area contributed by atoms with Crippen LogP contribution in [0.15, 0.2) is 29.2 Å². The van der Waals surface area contributed by atoms with Crippen LogP contribution >= 0.6 is 34.5 Å². The highest BCUT2D eigenvalue weighted by atomic mass is 35.5. The molecule has 0 radical (unpaired) electrons. The van der Waals surface area contributed by atoms with Crippen molar-refractivity contribution in [3.8, 4) is 0 Å². The molecule has 2 nitrogen and oxygen atoms in total. The van der Waals surface area contributed by atoms with Gasteiger partial charge >= 0.3 is 0 Å². The molecule has 1 aromatic carbocycles. The van der Waals surface area contributed by atoms with Crippen molar-refractivity contribution >= 4 is 51.1 Å².